The fourth-order valence-electron chi connectivity index (χ4n) is 3.95. The minimum atomic E-state index is -4.40. The zero-order valence-corrected chi connectivity index (χ0v) is 19.5. The summed E-state index contributed by atoms with van der Waals surface area (Å²) >= 11 is 1.38. The third kappa shape index (κ3) is 6.33. The van der Waals surface area contributed by atoms with E-state index in [0.29, 0.717) is 31.7 Å². The maximum absolute atomic E-state index is 12.7. The molecule has 10 heteroatoms. The molecule has 2 N–H and O–H groups in total. The number of nitrogens with one attached hydrogen (secondary N) is 1. The largest absolute Gasteiger partial charge is 0.457 e. The zero-order chi connectivity index (χ0) is 24.9. The number of alkyl halides is 3. The standard InChI is InChI=1S/C25H24F3N3O3S/c26-25(27,28)19-3-5-20(6-4-19)34-21-7-9-22(10-8-21)35-24(23(32)30-33)11-14-31(15-12-24)17-18-2-1-13-29-16-18/h1-10,13,16,33H,11-12,14-15,17H2,(H,30,32). The first-order valence-corrected chi connectivity index (χ1v) is 11.8. The zero-order valence-electron chi connectivity index (χ0n) is 18.7. The smallest absolute Gasteiger partial charge is 0.416 e. The Labute approximate surface area is 205 Å². The molecule has 1 amide bonds. The van der Waals surface area contributed by atoms with Crippen LogP contribution in [-0.4, -0.2) is 38.8 Å². The van der Waals surface area contributed by atoms with Crippen molar-refractivity contribution in [1.29, 1.82) is 0 Å². The summed E-state index contributed by atoms with van der Waals surface area (Å²) in [5.41, 5.74) is 2.19. The number of carbonyl (C=O) groups excluding carboxylic acids is 1. The summed E-state index contributed by atoms with van der Waals surface area (Å²) in [5.74, 6) is 0.310. The number of benzene rings is 2. The van der Waals surface area contributed by atoms with Gasteiger partial charge in [0, 0.05) is 36.9 Å². The number of hydrogen-bond acceptors (Lipinski definition) is 6. The predicted molar refractivity (Wildman–Crippen MR) is 125 cm³/mol. The molecule has 4 rings (SSSR count). The minimum absolute atomic E-state index is 0.288. The molecule has 0 bridgehead atoms. The second-order valence-corrected chi connectivity index (χ2v) is 9.73. The quantitative estimate of drug-likeness (QED) is 0.327. The van der Waals surface area contributed by atoms with Crippen molar-refractivity contribution in [2.24, 2.45) is 0 Å². The van der Waals surface area contributed by atoms with E-state index in [1.807, 2.05) is 23.8 Å². The Morgan fingerprint density at radius 2 is 1.69 bits per heavy atom. The summed E-state index contributed by atoms with van der Waals surface area (Å²) in [6, 6.07) is 15.4. The van der Waals surface area contributed by atoms with Gasteiger partial charge in [0.05, 0.1) is 5.56 Å². The molecule has 184 valence electrons. The van der Waals surface area contributed by atoms with Crippen molar-refractivity contribution < 1.29 is 27.9 Å². The van der Waals surface area contributed by atoms with E-state index in [-0.39, 0.29) is 5.75 Å². The number of carbonyl (C=O) groups is 1. The third-order valence-corrected chi connectivity index (χ3v) is 7.35. The molecular formula is C25H24F3N3O3S. The van der Waals surface area contributed by atoms with E-state index in [1.165, 1.54) is 23.9 Å². The first kappa shape index (κ1) is 25.0. The van der Waals surface area contributed by atoms with Crippen molar-refractivity contribution in [2.45, 2.75) is 35.2 Å². The highest BCUT2D eigenvalue weighted by molar-refractivity contribution is 8.01. The Morgan fingerprint density at radius 3 is 2.23 bits per heavy atom. The van der Waals surface area contributed by atoms with Gasteiger partial charge in [0.1, 0.15) is 16.2 Å². The van der Waals surface area contributed by atoms with Crippen LogP contribution in [0.5, 0.6) is 11.5 Å². The molecule has 1 aliphatic heterocycles. The van der Waals surface area contributed by atoms with E-state index in [1.54, 1.807) is 30.5 Å². The number of likely N-dealkylation sites (tertiary alicyclic amines) is 1. The Balaban J connectivity index is 1.39. The van der Waals surface area contributed by atoms with E-state index in [0.717, 1.165) is 29.1 Å². The topological polar surface area (TPSA) is 74.7 Å². The van der Waals surface area contributed by atoms with Gasteiger partial charge in [-0.3, -0.25) is 19.9 Å². The fraction of sp³-hybridized carbons (Fsp3) is 0.280. The number of rotatable bonds is 7. The lowest BCUT2D eigenvalue weighted by molar-refractivity contribution is -0.137. The number of thioether (sulfide) groups is 1. The maximum atomic E-state index is 12.7. The molecule has 1 aliphatic rings. The van der Waals surface area contributed by atoms with Crippen molar-refractivity contribution in [3.05, 3.63) is 84.2 Å². The maximum Gasteiger partial charge on any atom is 0.416 e. The molecule has 1 saturated heterocycles. The van der Waals surface area contributed by atoms with Crippen LogP contribution < -0.4 is 10.2 Å². The van der Waals surface area contributed by atoms with Crippen molar-refractivity contribution in [3.63, 3.8) is 0 Å². The summed E-state index contributed by atoms with van der Waals surface area (Å²) < 4.78 is 43.0. The van der Waals surface area contributed by atoms with E-state index < -0.39 is 22.4 Å². The van der Waals surface area contributed by atoms with Crippen LogP contribution in [-0.2, 0) is 17.5 Å². The van der Waals surface area contributed by atoms with Gasteiger partial charge in [-0.2, -0.15) is 13.2 Å². The molecule has 1 aromatic heterocycles. The molecular weight excluding hydrogens is 479 g/mol. The van der Waals surface area contributed by atoms with Crippen LogP contribution in [0.2, 0.25) is 0 Å². The number of amides is 1. The van der Waals surface area contributed by atoms with Crippen LogP contribution in [0, 0.1) is 0 Å². The third-order valence-electron chi connectivity index (χ3n) is 5.86. The summed E-state index contributed by atoms with van der Waals surface area (Å²) in [6.45, 7) is 2.11. The molecule has 0 unspecified atom stereocenters. The van der Waals surface area contributed by atoms with Crippen molar-refractivity contribution in [2.75, 3.05) is 13.1 Å². The summed E-state index contributed by atoms with van der Waals surface area (Å²) in [7, 11) is 0. The minimum Gasteiger partial charge on any atom is -0.457 e. The van der Waals surface area contributed by atoms with Crippen LogP contribution >= 0.6 is 11.8 Å². The van der Waals surface area contributed by atoms with Crippen molar-refractivity contribution in [1.82, 2.24) is 15.4 Å². The van der Waals surface area contributed by atoms with Crippen molar-refractivity contribution >= 4 is 17.7 Å². The van der Waals surface area contributed by atoms with Crippen LogP contribution in [0.15, 0.2) is 78.0 Å². The molecule has 0 spiro atoms. The number of pyridine rings is 1. The second kappa shape index (κ2) is 10.7. The highest BCUT2D eigenvalue weighted by atomic mass is 32.2. The van der Waals surface area contributed by atoms with Gasteiger partial charge in [-0.15, -0.1) is 11.8 Å². The molecule has 6 nitrogen and oxygen atoms in total. The van der Waals surface area contributed by atoms with Gasteiger partial charge in [-0.05, 0) is 73.0 Å². The molecule has 1 fully saturated rings. The fourth-order valence-corrected chi connectivity index (χ4v) is 5.20. The number of halogens is 3. The highest BCUT2D eigenvalue weighted by Crippen LogP contribution is 2.42. The Hall–Kier alpha value is -3.08. The van der Waals surface area contributed by atoms with E-state index >= 15 is 0 Å². The van der Waals surface area contributed by atoms with E-state index in [9.17, 15) is 23.2 Å². The predicted octanol–water partition coefficient (Wildman–Crippen LogP) is 5.53. The molecule has 0 atom stereocenters. The van der Waals surface area contributed by atoms with Gasteiger partial charge in [0.25, 0.3) is 5.91 Å². The number of aromatic nitrogens is 1. The number of hydroxylamine groups is 1. The highest BCUT2D eigenvalue weighted by Gasteiger charge is 2.42. The van der Waals surface area contributed by atoms with Crippen molar-refractivity contribution in [3.8, 4) is 11.5 Å². The Morgan fingerprint density at radius 1 is 1.06 bits per heavy atom. The van der Waals surface area contributed by atoms with Gasteiger partial charge < -0.3 is 4.74 Å². The average Bonchev–Trinajstić information content (AvgIpc) is 2.86. The summed E-state index contributed by atoms with van der Waals surface area (Å²) in [6.07, 6.45) is 0.253. The van der Waals surface area contributed by atoms with Crippen LogP contribution in [0.1, 0.15) is 24.0 Å². The SMILES string of the molecule is O=C(NO)C1(Sc2ccc(Oc3ccc(C(F)(F)F)cc3)cc2)CCN(Cc2cccnc2)CC1. The Bertz CT molecular complexity index is 1120. The van der Waals surface area contributed by atoms with E-state index in [4.69, 9.17) is 4.74 Å². The summed E-state index contributed by atoms with van der Waals surface area (Å²) in [4.78, 5) is 19.9. The normalized spacial score (nSPS) is 16.0. The monoisotopic (exact) mass is 503 g/mol. The molecule has 0 radical (unpaired) electrons. The van der Waals surface area contributed by atoms with Gasteiger partial charge in [-0.1, -0.05) is 6.07 Å². The molecule has 3 aromatic rings. The lowest BCUT2D eigenvalue weighted by Crippen LogP contribution is -2.50. The average molecular weight is 504 g/mol. The van der Waals surface area contributed by atoms with Crippen LogP contribution in [0.25, 0.3) is 0 Å². The number of hydrogen-bond donors (Lipinski definition) is 2. The lowest BCUT2D eigenvalue weighted by Gasteiger charge is -2.39. The molecule has 2 aromatic carbocycles. The molecule has 0 aliphatic carbocycles. The molecule has 2 heterocycles. The Kier molecular flexibility index (Phi) is 7.63. The number of ether oxygens (including phenoxy) is 1. The number of nitrogens with zero attached hydrogens (tertiary/aromatic N) is 2. The first-order chi connectivity index (χ1) is 16.8. The number of piperidine rings is 1. The van der Waals surface area contributed by atoms with Crippen LogP contribution in [0.3, 0.4) is 0 Å². The summed E-state index contributed by atoms with van der Waals surface area (Å²) in [5, 5.41) is 9.38. The second-order valence-electron chi connectivity index (χ2n) is 8.27. The van der Waals surface area contributed by atoms with Gasteiger partial charge in [-0.25, -0.2) is 5.48 Å². The van der Waals surface area contributed by atoms with E-state index in [2.05, 4.69) is 9.88 Å². The van der Waals surface area contributed by atoms with Crippen LogP contribution in [0.4, 0.5) is 13.2 Å². The van der Waals surface area contributed by atoms with Gasteiger partial charge in [0.2, 0.25) is 0 Å². The van der Waals surface area contributed by atoms with Gasteiger partial charge in [0.15, 0.2) is 0 Å². The first-order valence-electron chi connectivity index (χ1n) is 11.0. The molecule has 0 saturated carbocycles. The van der Waals surface area contributed by atoms with Gasteiger partial charge >= 0.3 is 6.18 Å². The lowest BCUT2D eigenvalue weighted by atomic mass is 9.94. The molecule has 35 heavy (non-hydrogen) atoms.